The van der Waals surface area contributed by atoms with Crippen LogP contribution in [-0.4, -0.2) is 41.1 Å². The van der Waals surface area contributed by atoms with Gasteiger partial charge in [0.25, 0.3) is 5.91 Å². The Kier molecular flexibility index (Phi) is 3.80. The summed E-state index contributed by atoms with van der Waals surface area (Å²) in [4.78, 5) is 19.6. The van der Waals surface area contributed by atoms with E-state index in [1.165, 1.54) is 5.56 Å². The zero-order chi connectivity index (χ0) is 17.5. The number of ether oxygens (including phenoxy) is 2. The lowest BCUT2D eigenvalue weighted by Crippen LogP contribution is -2.46. The van der Waals surface area contributed by atoms with Gasteiger partial charge in [0.1, 0.15) is 13.2 Å². The number of amides is 1. The predicted octanol–water partition coefficient (Wildman–Crippen LogP) is 3.40. The van der Waals surface area contributed by atoms with Gasteiger partial charge in [-0.3, -0.25) is 9.78 Å². The van der Waals surface area contributed by atoms with Crippen LogP contribution in [0.3, 0.4) is 0 Å². The first kappa shape index (κ1) is 15.7. The van der Waals surface area contributed by atoms with Crippen LogP contribution in [0, 0.1) is 0 Å². The molecule has 134 valence electrons. The molecule has 1 aromatic heterocycles. The van der Waals surface area contributed by atoms with Crippen LogP contribution in [0.15, 0.2) is 42.7 Å². The van der Waals surface area contributed by atoms with E-state index in [4.69, 9.17) is 9.47 Å². The SMILES string of the molecule is O=C(c1ccc2c(c1)OCCO2)N1C2CCC1CC(c1cccnc1)C2. The van der Waals surface area contributed by atoms with Crippen molar-refractivity contribution in [2.24, 2.45) is 0 Å². The molecule has 0 aliphatic carbocycles. The average molecular weight is 350 g/mol. The summed E-state index contributed by atoms with van der Waals surface area (Å²) < 4.78 is 11.2. The summed E-state index contributed by atoms with van der Waals surface area (Å²) in [5.41, 5.74) is 2.00. The van der Waals surface area contributed by atoms with E-state index < -0.39 is 0 Å². The normalized spacial score (nSPS) is 26.6. The second-order valence-electron chi connectivity index (χ2n) is 7.41. The number of hydrogen-bond acceptors (Lipinski definition) is 4. The number of piperidine rings is 1. The highest BCUT2D eigenvalue weighted by atomic mass is 16.6. The van der Waals surface area contributed by atoms with Gasteiger partial charge in [0.2, 0.25) is 0 Å². The van der Waals surface area contributed by atoms with Crippen LogP contribution in [0.1, 0.15) is 47.5 Å². The zero-order valence-corrected chi connectivity index (χ0v) is 14.6. The van der Waals surface area contributed by atoms with E-state index in [0.29, 0.717) is 42.5 Å². The Hall–Kier alpha value is -2.56. The maximum Gasteiger partial charge on any atom is 0.254 e. The maximum atomic E-state index is 13.2. The smallest absolute Gasteiger partial charge is 0.254 e. The van der Waals surface area contributed by atoms with Gasteiger partial charge in [-0.25, -0.2) is 0 Å². The minimum Gasteiger partial charge on any atom is -0.486 e. The summed E-state index contributed by atoms with van der Waals surface area (Å²) in [7, 11) is 0. The molecule has 3 aliphatic heterocycles. The van der Waals surface area contributed by atoms with Gasteiger partial charge < -0.3 is 14.4 Å². The highest BCUT2D eigenvalue weighted by Crippen LogP contribution is 2.44. The summed E-state index contributed by atoms with van der Waals surface area (Å²) in [5.74, 6) is 2.04. The van der Waals surface area contributed by atoms with Crippen molar-refractivity contribution in [1.29, 1.82) is 0 Å². The Balaban J connectivity index is 1.37. The topological polar surface area (TPSA) is 51.7 Å². The van der Waals surface area contributed by atoms with E-state index in [-0.39, 0.29) is 5.91 Å². The number of hydrogen-bond donors (Lipinski definition) is 0. The largest absolute Gasteiger partial charge is 0.486 e. The number of carbonyl (C=O) groups is 1. The van der Waals surface area contributed by atoms with E-state index in [9.17, 15) is 4.79 Å². The lowest BCUT2D eigenvalue weighted by molar-refractivity contribution is 0.0570. The number of benzene rings is 1. The minimum atomic E-state index is 0.124. The first-order valence-corrected chi connectivity index (χ1v) is 9.42. The molecule has 5 rings (SSSR count). The number of nitrogens with zero attached hydrogens (tertiary/aromatic N) is 2. The van der Waals surface area contributed by atoms with Crippen molar-refractivity contribution >= 4 is 5.91 Å². The van der Waals surface area contributed by atoms with E-state index in [0.717, 1.165) is 31.4 Å². The van der Waals surface area contributed by atoms with Crippen molar-refractivity contribution < 1.29 is 14.3 Å². The number of carbonyl (C=O) groups excluding carboxylic acids is 1. The molecule has 2 bridgehead atoms. The molecule has 1 amide bonds. The molecule has 0 N–H and O–H groups in total. The predicted molar refractivity (Wildman–Crippen MR) is 96.6 cm³/mol. The van der Waals surface area contributed by atoms with Gasteiger partial charge in [-0.15, -0.1) is 0 Å². The van der Waals surface area contributed by atoms with Crippen LogP contribution >= 0.6 is 0 Å². The second-order valence-corrected chi connectivity index (χ2v) is 7.41. The quantitative estimate of drug-likeness (QED) is 0.833. The van der Waals surface area contributed by atoms with E-state index in [1.54, 1.807) is 0 Å². The van der Waals surface area contributed by atoms with Crippen LogP contribution < -0.4 is 9.47 Å². The van der Waals surface area contributed by atoms with Crippen molar-refractivity contribution in [1.82, 2.24) is 9.88 Å². The third kappa shape index (κ3) is 2.62. The van der Waals surface area contributed by atoms with Crippen molar-refractivity contribution in [2.45, 2.75) is 43.7 Å². The molecule has 3 aliphatic rings. The Morgan fingerprint density at radius 2 is 1.81 bits per heavy atom. The molecular weight excluding hydrogens is 328 g/mol. The minimum absolute atomic E-state index is 0.124. The Morgan fingerprint density at radius 3 is 2.54 bits per heavy atom. The Morgan fingerprint density at radius 1 is 1.04 bits per heavy atom. The third-order valence-electron chi connectivity index (χ3n) is 5.91. The van der Waals surface area contributed by atoms with E-state index in [2.05, 4.69) is 16.0 Å². The van der Waals surface area contributed by atoms with Crippen molar-refractivity contribution in [3.63, 3.8) is 0 Å². The molecule has 0 spiro atoms. The molecular formula is C21H22N2O3. The van der Waals surface area contributed by atoms with Crippen molar-refractivity contribution in [2.75, 3.05) is 13.2 Å². The summed E-state index contributed by atoms with van der Waals surface area (Å²) >= 11 is 0. The van der Waals surface area contributed by atoms with Crippen molar-refractivity contribution in [3.8, 4) is 11.5 Å². The standard InChI is InChI=1S/C21H22N2O3/c24-21(14-3-6-19-20(12-14)26-9-8-25-19)23-17-4-5-18(23)11-16(10-17)15-2-1-7-22-13-15/h1-3,6-7,12-13,16-18H,4-5,8-11H2. The first-order chi connectivity index (χ1) is 12.8. The number of rotatable bonds is 2. The number of fused-ring (bicyclic) bond motifs is 3. The van der Waals surface area contributed by atoms with Gasteiger partial charge in [-0.05, 0) is 61.4 Å². The Labute approximate surface area is 152 Å². The van der Waals surface area contributed by atoms with Gasteiger partial charge in [0.15, 0.2) is 11.5 Å². The molecule has 2 atom stereocenters. The van der Waals surface area contributed by atoms with Crippen LogP contribution in [-0.2, 0) is 0 Å². The van der Waals surface area contributed by atoms with E-state index in [1.807, 2.05) is 36.7 Å². The van der Waals surface area contributed by atoms with Gasteiger partial charge in [0, 0.05) is 30.0 Å². The maximum absolute atomic E-state index is 13.2. The highest BCUT2D eigenvalue weighted by molar-refractivity contribution is 5.95. The molecule has 2 saturated heterocycles. The third-order valence-corrected chi connectivity index (χ3v) is 5.91. The highest BCUT2D eigenvalue weighted by Gasteiger charge is 2.43. The fourth-order valence-corrected chi connectivity index (χ4v) is 4.72. The van der Waals surface area contributed by atoms with Gasteiger partial charge in [0.05, 0.1) is 0 Å². The molecule has 0 radical (unpaired) electrons. The van der Waals surface area contributed by atoms with Gasteiger partial charge in [-0.2, -0.15) is 0 Å². The fourth-order valence-electron chi connectivity index (χ4n) is 4.72. The fraction of sp³-hybridized carbons (Fsp3) is 0.429. The van der Waals surface area contributed by atoms with Gasteiger partial charge >= 0.3 is 0 Å². The molecule has 4 heterocycles. The van der Waals surface area contributed by atoms with Crippen LogP contribution in [0.4, 0.5) is 0 Å². The lowest BCUT2D eigenvalue weighted by atomic mass is 9.85. The summed E-state index contributed by atoms with van der Waals surface area (Å²) in [6, 6.07) is 10.4. The number of pyridine rings is 1. The van der Waals surface area contributed by atoms with Crippen molar-refractivity contribution in [3.05, 3.63) is 53.9 Å². The molecule has 1 aromatic carbocycles. The lowest BCUT2D eigenvalue weighted by Gasteiger charge is -2.39. The molecule has 0 saturated carbocycles. The average Bonchev–Trinajstić information content (AvgIpc) is 2.97. The molecule has 26 heavy (non-hydrogen) atoms. The Bertz CT molecular complexity index is 809. The van der Waals surface area contributed by atoms with Crippen LogP contribution in [0.25, 0.3) is 0 Å². The van der Waals surface area contributed by atoms with Gasteiger partial charge in [-0.1, -0.05) is 6.07 Å². The molecule has 5 heteroatoms. The first-order valence-electron chi connectivity index (χ1n) is 9.42. The summed E-state index contributed by atoms with van der Waals surface area (Å²) in [5, 5.41) is 0. The van der Waals surface area contributed by atoms with E-state index >= 15 is 0 Å². The van der Waals surface area contributed by atoms with Crippen LogP contribution in [0.2, 0.25) is 0 Å². The molecule has 2 aromatic rings. The summed E-state index contributed by atoms with van der Waals surface area (Å²) in [6.07, 6.45) is 8.04. The van der Waals surface area contributed by atoms with Crippen LogP contribution in [0.5, 0.6) is 11.5 Å². The molecule has 5 nitrogen and oxygen atoms in total. The molecule has 2 unspecified atom stereocenters. The second kappa shape index (κ2) is 6.31. The number of aromatic nitrogens is 1. The zero-order valence-electron chi connectivity index (χ0n) is 14.6. The monoisotopic (exact) mass is 350 g/mol. The summed E-state index contributed by atoms with van der Waals surface area (Å²) in [6.45, 7) is 1.10. The molecule has 2 fully saturated rings.